The Bertz CT molecular complexity index is 238. The number of piperidine rings is 1. The van der Waals surface area contributed by atoms with Crippen LogP contribution < -0.4 is 0 Å². The molecule has 3 nitrogen and oxygen atoms in total. The largest absolute Gasteiger partial charge is 0.390 e. The summed E-state index contributed by atoms with van der Waals surface area (Å²) in [6, 6.07) is 0.686. The molecule has 2 rings (SSSR count). The minimum absolute atomic E-state index is 0.186. The van der Waals surface area contributed by atoms with E-state index in [0.717, 1.165) is 19.0 Å². The number of nitrogens with zero attached hydrogens (tertiary/aromatic N) is 2. The van der Waals surface area contributed by atoms with Crippen LogP contribution in [0.5, 0.6) is 0 Å². The van der Waals surface area contributed by atoms with Crippen molar-refractivity contribution in [2.24, 2.45) is 5.92 Å². The first-order valence-corrected chi connectivity index (χ1v) is 8.49. The highest BCUT2D eigenvalue weighted by atomic mass is 32.2. The summed E-state index contributed by atoms with van der Waals surface area (Å²) in [6.07, 6.45) is 3.69. The van der Waals surface area contributed by atoms with E-state index in [9.17, 15) is 5.11 Å². The first-order valence-electron chi connectivity index (χ1n) is 7.33. The molecule has 0 aromatic carbocycles. The zero-order valence-corrected chi connectivity index (χ0v) is 12.7. The lowest BCUT2D eigenvalue weighted by Crippen LogP contribution is -2.44. The van der Waals surface area contributed by atoms with Crippen molar-refractivity contribution >= 4 is 11.8 Å². The standard InChI is InChI=1S/C14H28N2OS/c1-12-3-6-16(7-4-12)10-14(17)9-15(2)13-5-8-18-11-13/h12-14,17H,3-11H2,1-2H3. The third-order valence-corrected chi connectivity index (χ3v) is 5.52. The molecule has 4 heteroatoms. The monoisotopic (exact) mass is 272 g/mol. The van der Waals surface area contributed by atoms with E-state index in [1.165, 1.54) is 43.9 Å². The van der Waals surface area contributed by atoms with E-state index in [2.05, 4.69) is 23.8 Å². The lowest BCUT2D eigenvalue weighted by atomic mass is 9.99. The van der Waals surface area contributed by atoms with Crippen LogP contribution in [0, 0.1) is 5.92 Å². The van der Waals surface area contributed by atoms with Gasteiger partial charge in [-0.15, -0.1) is 0 Å². The van der Waals surface area contributed by atoms with Gasteiger partial charge in [0.15, 0.2) is 0 Å². The third kappa shape index (κ3) is 4.41. The molecule has 0 amide bonds. The average Bonchev–Trinajstić information content (AvgIpc) is 2.85. The molecule has 0 spiro atoms. The quantitative estimate of drug-likeness (QED) is 0.821. The first-order chi connectivity index (χ1) is 8.65. The van der Waals surface area contributed by atoms with E-state index in [-0.39, 0.29) is 6.10 Å². The molecule has 106 valence electrons. The van der Waals surface area contributed by atoms with Gasteiger partial charge in [0.1, 0.15) is 0 Å². The number of hydrogen-bond acceptors (Lipinski definition) is 4. The highest BCUT2D eigenvalue weighted by Crippen LogP contribution is 2.21. The molecule has 18 heavy (non-hydrogen) atoms. The minimum Gasteiger partial charge on any atom is -0.390 e. The van der Waals surface area contributed by atoms with Gasteiger partial charge in [-0.3, -0.25) is 4.90 Å². The molecule has 0 aromatic heterocycles. The van der Waals surface area contributed by atoms with Gasteiger partial charge in [0.2, 0.25) is 0 Å². The predicted octanol–water partition coefficient (Wildman–Crippen LogP) is 1.52. The van der Waals surface area contributed by atoms with Crippen LogP contribution in [0.25, 0.3) is 0 Å². The molecule has 2 unspecified atom stereocenters. The maximum Gasteiger partial charge on any atom is 0.0793 e. The molecule has 2 atom stereocenters. The van der Waals surface area contributed by atoms with Gasteiger partial charge in [-0.25, -0.2) is 0 Å². The number of rotatable bonds is 5. The summed E-state index contributed by atoms with van der Waals surface area (Å²) in [5, 5.41) is 10.2. The second-order valence-electron chi connectivity index (χ2n) is 6.09. The van der Waals surface area contributed by atoms with E-state index in [4.69, 9.17) is 0 Å². The molecule has 0 radical (unpaired) electrons. The Balaban J connectivity index is 1.66. The van der Waals surface area contributed by atoms with Crippen molar-refractivity contribution in [2.75, 3.05) is 44.7 Å². The van der Waals surface area contributed by atoms with Gasteiger partial charge in [-0.2, -0.15) is 11.8 Å². The fraction of sp³-hybridized carbons (Fsp3) is 1.00. The summed E-state index contributed by atoms with van der Waals surface area (Å²) in [4.78, 5) is 4.79. The fourth-order valence-corrected chi connectivity index (χ4v) is 4.25. The number of aliphatic hydroxyl groups excluding tert-OH is 1. The maximum absolute atomic E-state index is 10.2. The SMILES string of the molecule is CC1CCN(CC(O)CN(C)C2CCSC2)CC1. The molecule has 0 aliphatic carbocycles. The lowest BCUT2D eigenvalue weighted by molar-refractivity contribution is 0.0598. The zero-order chi connectivity index (χ0) is 13.0. The summed E-state index contributed by atoms with van der Waals surface area (Å²) in [5.74, 6) is 3.40. The second kappa shape index (κ2) is 7.13. The number of thioether (sulfide) groups is 1. The Kier molecular flexibility index (Phi) is 5.80. The van der Waals surface area contributed by atoms with Crippen molar-refractivity contribution < 1.29 is 5.11 Å². The van der Waals surface area contributed by atoms with Gasteiger partial charge in [-0.05, 0) is 51.1 Å². The molecule has 0 aromatic rings. The summed E-state index contributed by atoms with van der Waals surface area (Å²) in [5.41, 5.74) is 0. The lowest BCUT2D eigenvalue weighted by Gasteiger charge is -2.33. The highest BCUT2D eigenvalue weighted by molar-refractivity contribution is 7.99. The van der Waals surface area contributed by atoms with Crippen molar-refractivity contribution in [2.45, 2.75) is 38.3 Å². The molecular formula is C14H28N2OS. The number of likely N-dealkylation sites (N-methyl/N-ethyl adjacent to an activating group) is 1. The van der Waals surface area contributed by atoms with Gasteiger partial charge in [0, 0.05) is 24.9 Å². The Hall–Kier alpha value is 0.230. The average molecular weight is 272 g/mol. The minimum atomic E-state index is -0.186. The number of β-amino-alcohol motifs (C(OH)–C–C–N with tert-alkyl or cyclic N) is 1. The van der Waals surface area contributed by atoms with Crippen molar-refractivity contribution in [3.05, 3.63) is 0 Å². The van der Waals surface area contributed by atoms with E-state index < -0.39 is 0 Å². The number of hydrogen-bond donors (Lipinski definition) is 1. The fourth-order valence-electron chi connectivity index (χ4n) is 2.95. The molecule has 2 heterocycles. The number of likely N-dealkylation sites (tertiary alicyclic amines) is 1. The van der Waals surface area contributed by atoms with Gasteiger partial charge in [0.25, 0.3) is 0 Å². The summed E-state index contributed by atoms with van der Waals surface area (Å²) in [6.45, 7) is 6.36. The molecule has 2 fully saturated rings. The van der Waals surface area contributed by atoms with E-state index in [1.54, 1.807) is 0 Å². The summed E-state index contributed by atoms with van der Waals surface area (Å²) in [7, 11) is 2.16. The smallest absolute Gasteiger partial charge is 0.0793 e. The van der Waals surface area contributed by atoms with Crippen molar-refractivity contribution in [3.8, 4) is 0 Å². The van der Waals surface area contributed by atoms with Gasteiger partial charge >= 0.3 is 0 Å². The summed E-state index contributed by atoms with van der Waals surface area (Å²) >= 11 is 2.04. The van der Waals surface area contributed by atoms with Crippen molar-refractivity contribution in [1.29, 1.82) is 0 Å². The van der Waals surface area contributed by atoms with Gasteiger partial charge in [0.05, 0.1) is 6.10 Å². The Morgan fingerprint density at radius 1 is 1.33 bits per heavy atom. The zero-order valence-electron chi connectivity index (χ0n) is 11.8. The topological polar surface area (TPSA) is 26.7 Å². The van der Waals surface area contributed by atoms with Crippen LogP contribution in [0.15, 0.2) is 0 Å². The Morgan fingerprint density at radius 3 is 2.67 bits per heavy atom. The highest BCUT2D eigenvalue weighted by Gasteiger charge is 2.23. The van der Waals surface area contributed by atoms with Crippen molar-refractivity contribution in [1.82, 2.24) is 9.80 Å². The molecule has 2 saturated heterocycles. The Morgan fingerprint density at radius 2 is 2.06 bits per heavy atom. The molecule has 1 N–H and O–H groups in total. The van der Waals surface area contributed by atoms with Crippen LogP contribution >= 0.6 is 11.8 Å². The van der Waals surface area contributed by atoms with Gasteiger partial charge in [-0.1, -0.05) is 6.92 Å². The van der Waals surface area contributed by atoms with E-state index in [0.29, 0.717) is 6.04 Å². The maximum atomic E-state index is 10.2. The normalized spacial score (nSPS) is 29.0. The molecule has 2 aliphatic heterocycles. The summed E-state index contributed by atoms with van der Waals surface area (Å²) < 4.78 is 0. The molecule has 0 bridgehead atoms. The van der Waals surface area contributed by atoms with Crippen LogP contribution in [-0.2, 0) is 0 Å². The Labute approximate surface area is 116 Å². The van der Waals surface area contributed by atoms with Gasteiger partial charge < -0.3 is 10.0 Å². The van der Waals surface area contributed by atoms with Crippen LogP contribution in [0.3, 0.4) is 0 Å². The van der Waals surface area contributed by atoms with Crippen LogP contribution in [0.1, 0.15) is 26.2 Å². The molecular weight excluding hydrogens is 244 g/mol. The van der Waals surface area contributed by atoms with Crippen LogP contribution in [-0.4, -0.2) is 71.8 Å². The predicted molar refractivity (Wildman–Crippen MR) is 79.2 cm³/mol. The second-order valence-corrected chi connectivity index (χ2v) is 7.24. The molecule has 2 aliphatic rings. The van der Waals surface area contributed by atoms with Crippen LogP contribution in [0.4, 0.5) is 0 Å². The van der Waals surface area contributed by atoms with Crippen LogP contribution in [0.2, 0.25) is 0 Å². The molecule has 0 saturated carbocycles. The van der Waals surface area contributed by atoms with E-state index >= 15 is 0 Å². The van der Waals surface area contributed by atoms with Crippen molar-refractivity contribution in [3.63, 3.8) is 0 Å². The first kappa shape index (κ1) is 14.6. The third-order valence-electron chi connectivity index (χ3n) is 4.37. The number of aliphatic hydroxyl groups is 1. The van der Waals surface area contributed by atoms with E-state index in [1.807, 2.05) is 11.8 Å².